The number of rotatable bonds is 8. The van der Waals surface area contributed by atoms with Crippen LogP contribution in [-0.4, -0.2) is 19.6 Å². The molecule has 0 atom stereocenters. The van der Waals surface area contributed by atoms with Crippen molar-refractivity contribution in [2.45, 2.75) is 124 Å². The Hall–Kier alpha value is -6.26. The molecule has 0 fully saturated rings. The summed E-state index contributed by atoms with van der Waals surface area (Å²) >= 11 is 0. The summed E-state index contributed by atoms with van der Waals surface area (Å²) in [6, 6.07) is 23.1. The molecule has 0 saturated heterocycles. The van der Waals surface area contributed by atoms with Crippen LogP contribution in [-0.2, 0) is 28.1 Å². The number of aromatic nitrogens is 3. The van der Waals surface area contributed by atoms with Crippen molar-refractivity contribution in [3.05, 3.63) is 167 Å². The maximum absolute atomic E-state index is 13.1. The molecule has 0 aliphatic carbocycles. The van der Waals surface area contributed by atoms with Gasteiger partial charge in [-0.15, -0.1) is 0 Å². The number of phenolic OH excluding ortho intramolecular Hbond substituents is 1. The van der Waals surface area contributed by atoms with Crippen LogP contribution in [0.1, 0.15) is 167 Å². The SMILES string of the molecule is [2H]c1c([2H])c(C(C([2H])([2H])[2H])(C([2H])([2H])[2H])C([2H])([2H])[2H])c([2H])c([2H])c1-c1ccnc(-c2cc(-c3cccc4c3nc(-c3cc(C(C([2H])([2H])[2H])(C([2H])([2H])[2H])C([2H])([2H])[2H])cc(C(C([2H])([2H])[2H])(C([2H])([2H])[2H])C([2H])([2H])[2H])c3O)n4-c3ccc(CC(C)C)cc3-c3ccccc3)cc(C(C)(C)C)c2)c1. The molecule has 0 amide bonds. The number of benzene rings is 6. The fourth-order valence-corrected chi connectivity index (χ4v) is 8.04. The zero-order valence-corrected chi connectivity index (χ0v) is 37.0. The van der Waals surface area contributed by atoms with Crippen LogP contribution in [0, 0.1) is 5.92 Å². The van der Waals surface area contributed by atoms with Gasteiger partial charge in [0.05, 0.1) is 33.5 Å². The van der Waals surface area contributed by atoms with Crippen molar-refractivity contribution in [1.82, 2.24) is 14.5 Å². The maximum Gasteiger partial charge on any atom is 0.149 e. The zero-order chi connectivity index (χ0) is 73.5. The van der Waals surface area contributed by atoms with Gasteiger partial charge >= 0.3 is 0 Å². The molecule has 0 saturated carbocycles. The Bertz CT molecular complexity index is 4180. The summed E-state index contributed by atoms with van der Waals surface area (Å²) in [6.45, 7) is -27.4. The lowest BCUT2D eigenvalue weighted by molar-refractivity contribution is 0.446. The Balaban J connectivity index is 1.57. The standard InChI is InChI=1S/C62H69N3O/c1-39(2)31-40-23-28-54(50(32-40)42-19-16-15-17-20-42)65-55-22-18-21-49(56(55)64-58(65)51-37-48(61(9,10)11)38-52(57(51)66)62(12,13)14)44-33-45(35-47(34-44)60(6,7)8)53-36-43(29-30-63-53)41-24-26-46(27-25-41)59(3,4)5/h15-30,32-39,66H,31H2,1-14H3/i3D3,4D3,5D3,9D3,10D3,11D3,12D3,13D3,14D3,24D,25D,26D,27D. The molecule has 0 radical (unpaired) electrons. The number of pyridine rings is 1. The van der Waals surface area contributed by atoms with Crippen LogP contribution in [0.3, 0.4) is 0 Å². The van der Waals surface area contributed by atoms with E-state index in [1.54, 1.807) is 78.9 Å². The van der Waals surface area contributed by atoms with E-state index in [4.69, 9.17) is 44.7 Å². The highest BCUT2D eigenvalue weighted by atomic mass is 16.3. The quantitative estimate of drug-likeness (QED) is 0.165. The lowest BCUT2D eigenvalue weighted by Gasteiger charge is -2.27. The number of aromatic hydroxyl groups is 1. The van der Waals surface area contributed by atoms with E-state index in [0.717, 1.165) is 5.56 Å². The first-order valence-electron chi connectivity index (χ1n) is 36.7. The van der Waals surface area contributed by atoms with E-state index >= 15 is 0 Å². The molecule has 0 bridgehead atoms. The highest BCUT2D eigenvalue weighted by molar-refractivity contribution is 5.98. The third-order valence-corrected chi connectivity index (χ3v) is 11.4. The molecule has 0 aliphatic rings. The smallest absolute Gasteiger partial charge is 0.149 e. The average molecular weight is 903 g/mol. The fraction of sp³-hybridized carbons (Fsp3) is 0.323. The minimum absolute atomic E-state index is 0.0127. The molecule has 338 valence electrons. The van der Waals surface area contributed by atoms with Gasteiger partial charge in [0, 0.05) is 65.5 Å². The summed E-state index contributed by atoms with van der Waals surface area (Å²) < 4.78 is 271. The van der Waals surface area contributed by atoms with E-state index in [2.05, 4.69) is 4.98 Å². The van der Waals surface area contributed by atoms with Gasteiger partial charge in [-0.05, 0) is 127 Å². The fourth-order valence-electron chi connectivity index (χ4n) is 8.04. The molecule has 4 nitrogen and oxygen atoms in total. The molecular formula is C62H69N3O. The van der Waals surface area contributed by atoms with Gasteiger partial charge in [-0.2, -0.15) is 0 Å². The molecule has 1 N–H and O–H groups in total. The minimum atomic E-state index is -4.25. The number of imidazole rings is 1. The predicted octanol–water partition coefficient (Wildman–Crippen LogP) is 16.8. The molecular weight excluding hydrogens is 803 g/mol. The van der Waals surface area contributed by atoms with Crippen LogP contribution in [0.4, 0.5) is 0 Å². The zero-order valence-electron chi connectivity index (χ0n) is 68.0. The molecule has 8 rings (SSSR count). The van der Waals surface area contributed by atoms with Gasteiger partial charge in [0.2, 0.25) is 0 Å². The summed E-state index contributed by atoms with van der Waals surface area (Å²) in [5.74, 6) is -1.92. The number of fused-ring (bicyclic) bond motifs is 1. The van der Waals surface area contributed by atoms with E-state index in [9.17, 15) is 7.85 Å². The predicted molar refractivity (Wildman–Crippen MR) is 281 cm³/mol. The Morgan fingerprint density at radius 1 is 0.576 bits per heavy atom. The van der Waals surface area contributed by atoms with Crippen molar-refractivity contribution in [1.29, 1.82) is 0 Å². The third-order valence-electron chi connectivity index (χ3n) is 11.4. The Morgan fingerprint density at radius 3 is 1.94 bits per heavy atom. The number of para-hydroxylation sites is 1. The second kappa shape index (κ2) is 17.2. The summed E-state index contributed by atoms with van der Waals surface area (Å²) in [4.78, 5) is 9.75. The molecule has 4 heteroatoms. The van der Waals surface area contributed by atoms with Gasteiger partial charge in [-0.25, -0.2) is 4.98 Å². The van der Waals surface area contributed by atoms with Gasteiger partial charge in [-0.1, -0.05) is 181 Å². The maximum atomic E-state index is 13.1. The Morgan fingerprint density at radius 2 is 1.26 bits per heavy atom. The van der Waals surface area contributed by atoms with E-state index in [0.29, 0.717) is 40.3 Å². The second-order valence-electron chi connectivity index (χ2n) is 18.2. The van der Waals surface area contributed by atoms with Crippen molar-refractivity contribution >= 4 is 11.0 Å². The van der Waals surface area contributed by atoms with Crippen LogP contribution in [0.15, 0.2) is 140 Å². The number of hydrogen-bond donors (Lipinski definition) is 1. The van der Waals surface area contributed by atoms with Crippen LogP contribution >= 0.6 is 0 Å². The van der Waals surface area contributed by atoms with Crippen molar-refractivity contribution in [3.8, 4) is 67.5 Å². The van der Waals surface area contributed by atoms with Crippen molar-refractivity contribution < 1.29 is 47.6 Å². The van der Waals surface area contributed by atoms with Crippen LogP contribution in [0.5, 0.6) is 5.75 Å². The summed E-state index contributed by atoms with van der Waals surface area (Å²) in [6.07, 6.45) is 1.79. The van der Waals surface area contributed by atoms with Gasteiger partial charge in [0.15, 0.2) is 0 Å². The summed E-state index contributed by atoms with van der Waals surface area (Å²) in [5, 5.41) is 13.1. The molecule has 66 heavy (non-hydrogen) atoms. The molecule has 8 aromatic rings. The van der Waals surface area contributed by atoms with E-state index in [-0.39, 0.29) is 45.5 Å². The molecule has 2 aromatic heterocycles. The number of hydrogen-bond acceptors (Lipinski definition) is 3. The van der Waals surface area contributed by atoms with Gasteiger partial charge in [-0.3, -0.25) is 9.55 Å². The van der Waals surface area contributed by atoms with Gasteiger partial charge < -0.3 is 5.11 Å². The molecule has 0 aliphatic heterocycles. The first-order valence-corrected chi connectivity index (χ1v) is 21.2. The number of nitrogens with zero attached hydrogens (tertiary/aromatic N) is 3. The summed E-state index contributed by atoms with van der Waals surface area (Å²) in [7, 11) is 0. The van der Waals surface area contributed by atoms with Crippen LogP contribution < -0.4 is 0 Å². The first kappa shape index (κ1) is 21.6. The molecule has 0 spiro atoms. The van der Waals surface area contributed by atoms with Crippen molar-refractivity contribution in [2.24, 2.45) is 5.92 Å². The van der Waals surface area contributed by atoms with Crippen molar-refractivity contribution in [3.63, 3.8) is 0 Å². The molecule has 2 heterocycles. The van der Waals surface area contributed by atoms with Gasteiger partial charge in [0.1, 0.15) is 11.6 Å². The monoisotopic (exact) mass is 903 g/mol. The normalized spacial score (nSPS) is 21.3. The van der Waals surface area contributed by atoms with Crippen LogP contribution in [0.2, 0.25) is 0 Å². The highest BCUT2D eigenvalue weighted by Gasteiger charge is 2.30. The Kier molecular flexibility index (Phi) is 5.62. The van der Waals surface area contributed by atoms with Crippen LogP contribution in [0.25, 0.3) is 72.7 Å². The minimum Gasteiger partial charge on any atom is -0.507 e. The molecule has 0 unspecified atom stereocenters. The lowest BCUT2D eigenvalue weighted by Crippen LogP contribution is -2.17. The lowest BCUT2D eigenvalue weighted by atomic mass is 9.79. The van der Waals surface area contributed by atoms with E-state index in [1.165, 1.54) is 22.9 Å². The Labute approximate surface area is 438 Å². The topological polar surface area (TPSA) is 50.9 Å². The second-order valence-corrected chi connectivity index (χ2v) is 18.2. The molecule has 6 aromatic carbocycles. The first-order chi connectivity index (χ1) is 43.9. The van der Waals surface area contributed by atoms with E-state index in [1.807, 2.05) is 40.7 Å². The van der Waals surface area contributed by atoms with Crippen molar-refractivity contribution in [2.75, 3.05) is 0 Å². The third kappa shape index (κ3) is 9.38. The van der Waals surface area contributed by atoms with Gasteiger partial charge in [0.25, 0.3) is 0 Å². The summed E-state index contributed by atoms with van der Waals surface area (Å²) in [5.41, 5.74) is -15.0. The van der Waals surface area contributed by atoms with E-state index < -0.39 is 147 Å². The highest BCUT2D eigenvalue weighted by Crippen LogP contribution is 2.46. The number of phenols is 1. The largest absolute Gasteiger partial charge is 0.507 e. The average Bonchev–Trinajstić information content (AvgIpc) is 0.949.